The van der Waals surface area contributed by atoms with Gasteiger partial charge in [-0.05, 0) is 42.3 Å². The lowest BCUT2D eigenvalue weighted by atomic mass is 10.1. The van der Waals surface area contributed by atoms with Crippen molar-refractivity contribution in [2.45, 2.75) is 26.0 Å². The third-order valence-electron chi connectivity index (χ3n) is 2.88. The van der Waals surface area contributed by atoms with Gasteiger partial charge in [0.1, 0.15) is 0 Å². The van der Waals surface area contributed by atoms with Crippen LogP contribution in [-0.2, 0) is 6.54 Å². The Balaban J connectivity index is 1.95. The van der Waals surface area contributed by atoms with E-state index in [9.17, 15) is 0 Å². The number of rotatable bonds is 5. The quantitative estimate of drug-likeness (QED) is 0.773. The molecule has 0 fully saturated rings. The van der Waals surface area contributed by atoms with Gasteiger partial charge in [-0.25, -0.2) is 0 Å². The zero-order valence-electron chi connectivity index (χ0n) is 10.2. The lowest BCUT2D eigenvalue weighted by molar-refractivity contribution is 0.183. The molecule has 0 saturated carbocycles. The van der Waals surface area contributed by atoms with Gasteiger partial charge in [0.15, 0.2) is 0 Å². The van der Waals surface area contributed by atoms with Crippen LogP contribution in [0.3, 0.4) is 0 Å². The SMILES string of the molecule is CC(O)CCNCc1ccc2ccccc2c1. The van der Waals surface area contributed by atoms with Gasteiger partial charge in [0.25, 0.3) is 0 Å². The summed E-state index contributed by atoms with van der Waals surface area (Å²) in [6.45, 7) is 3.53. The van der Waals surface area contributed by atoms with E-state index in [0.717, 1.165) is 19.5 Å². The molecule has 2 rings (SSSR count). The molecule has 0 spiro atoms. The van der Waals surface area contributed by atoms with E-state index in [1.165, 1.54) is 16.3 Å². The van der Waals surface area contributed by atoms with E-state index in [0.29, 0.717) is 0 Å². The number of aliphatic hydroxyl groups is 1. The second-order valence-electron chi connectivity index (χ2n) is 4.50. The van der Waals surface area contributed by atoms with Crippen molar-refractivity contribution in [3.05, 3.63) is 48.0 Å². The summed E-state index contributed by atoms with van der Waals surface area (Å²) in [7, 11) is 0. The third kappa shape index (κ3) is 3.55. The number of hydrogen-bond donors (Lipinski definition) is 2. The molecule has 0 heterocycles. The highest BCUT2D eigenvalue weighted by Crippen LogP contribution is 2.15. The Kier molecular flexibility index (Phi) is 4.13. The maximum Gasteiger partial charge on any atom is 0.0524 e. The molecule has 0 aliphatic rings. The van der Waals surface area contributed by atoms with Crippen LogP contribution in [0.2, 0.25) is 0 Å². The second-order valence-corrected chi connectivity index (χ2v) is 4.50. The average Bonchev–Trinajstić information content (AvgIpc) is 2.34. The molecule has 0 bridgehead atoms. The topological polar surface area (TPSA) is 32.3 Å². The van der Waals surface area contributed by atoms with Gasteiger partial charge in [-0.15, -0.1) is 0 Å². The van der Waals surface area contributed by atoms with Crippen LogP contribution < -0.4 is 5.32 Å². The molecule has 0 aromatic heterocycles. The van der Waals surface area contributed by atoms with Crippen molar-refractivity contribution in [1.82, 2.24) is 5.32 Å². The molecular formula is C15H19NO. The Morgan fingerprint density at radius 1 is 1.12 bits per heavy atom. The molecule has 1 unspecified atom stereocenters. The minimum absolute atomic E-state index is 0.223. The predicted octanol–water partition coefficient (Wildman–Crippen LogP) is 2.70. The van der Waals surface area contributed by atoms with E-state index < -0.39 is 0 Å². The molecule has 1 atom stereocenters. The van der Waals surface area contributed by atoms with Gasteiger partial charge in [-0.1, -0.05) is 36.4 Å². The zero-order chi connectivity index (χ0) is 12.1. The van der Waals surface area contributed by atoms with E-state index in [1.54, 1.807) is 0 Å². The Bertz CT molecular complexity index is 479. The van der Waals surface area contributed by atoms with Gasteiger partial charge < -0.3 is 10.4 Å². The minimum Gasteiger partial charge on any atom is -0.393 e. The molecule has 0 aliphatic heterocycles. The highest BCUT2D eigenvalue weighted by Gasteiger charge is 1.97. The van der Waals surface area contributed by atoms with Crippen molar-refractivity contribution in [3.63, 3.8) is 0 Å². The van der Waals surface area contributed by atoms with Crippen LogP contribution in [0.25, 0.3) is 10.8 Å². The van der Waals surface area contributed by atoms with Crippen molar-refractivity contribution in [3.8, 4) is 0 Å². The monoisotopic (exact) mass is 229 g/mol. The number of aliphatic hydroxyl groups excluding tert-OH is 1. The Morgan fingerprint density at radius 2 is 1.88 bits per heavy atom. The molecule has 2 heteroatoms. The minimum atomic E-state index is -0.223. The summed E-state index contributed by atoms with van der Waals surface area (Å²) in [5.74, 6) is 0. The summed E-state index contributed by atoms with van der Waals surface area (Å²) in [5, 5.41) is 15.0. The van der Waals surface area contributed by atoms with Crippen LogP contribution in [0.5, 0.6) is 0 Å². The lowest BCUT2D eigenvalue weighted by Crippen LogP contribution is -2.18. The van der Waals surface area contributed by atoms with Crippen molar-refractivity contribution in [1.29, 1.82) is 0 Å². The predicted molar refractivity (Wildman–Crippen MR) is 72.0 cm³/mol. The van der Waals surface area contributed by atoms with Crippen molar-refractivity contribution in [2.24, 2.45) is 0 Å². The second kappa shape index (κ2) is 5.80. The zero-order valence-corrected chi connectivity index (χ0v) is 10.2. The maximum absolute atomic E-state index is 9.15. The Morgan fingerprint density at radius 3 is 2.65 bits per heavy atom. The summed E-state index contributed by atoms with van der Waals surface area (Å²) >= 11 is 0. The van der Waals surface area contributed by atoms with Crippen molar-refractivity contribution < 1.29 is 5.11 Å². The molecule has 90 valence electrons. The van der Waals surface area contributed by atoms with Crippen LogP contribution in [-0.4, -0.2) is 17.8 Å². The molecule has 0 saturated heterocycles. The maximum atomic E-state index is 9.15. The molecule has 0 radical (unpaired) electrons. The van der Waals surface area contributed by atoms with Crippen LogP contribution >= 0.6 is 0 Å². The summed E-state index contributed by atoms with van der Waals surface area (Å²) in [5.41, 5.74) is 1.29. The number of nitrogens with one attached hydrogen (secondary N) is 1. The van der Waals surface area contributed by atoms with Gasteiger partial charge >= 0.3 is 0 Å². The molecule has 0 aliphatic carbocycles. The Hall–Kier alpha value is -1.38. The number of fused-ring (bicyclic) bond motifs is 1. The molecule has 17 heavy (non-hydrogen) atoms. The molecule has 2 nitrogen and oxygen atoms in total. The summed E-state index contributed by atoms with van der Waals surface area (Å²) in [4.78, 5) is 0. The fraction of sp³-hybridized carbons (Fsp3) is 0.333. The molecular weight excluding hydrogens is 210 g/mol. The molecule has 0 amide bonds. The lowest BCUT2D eigenvalue weighted by Gasteiger charge is -2.07. The first-order valence-electron chi connectivity index (χ1n) is 6.12. The van der Waals surface area contributed by atoms with Crippen molar-refractivity contribution in [2.75, 3.05) is 6.54 Å². The summed E-state index contributed by atoms with van der Waals surface area (Å²) in [6, 6.07) is 14.9. The van der Waals surface area contributed by atoms with Crippen LogP contribution in [0.15, 0.2) is 42.5 Å². The van der Waals surface area contributed by atoms with Gasteiger partial charge in [-0.2, -0.15) is 0 Å². The van der Waals surface area contributed by atoms with E-state index in [-0.39, 0.29) is 6.10 Å². The fourth-order valence-electron chi connectivity index (χ4n) is 1.89. The average molecular weight is 229 g/mol. The van der Waals surface area contributed by atoms with Gasteiger partial charge in [-0.3, -0.25) is 0 Å². The highest BCUT2D eigenvalue weighted by atomic mass is 16.3. The molecule has 2 aromatic rings. The summed E-state index contributed by atoms with van der Waals surface area (Å²) in [6.07, 6.45) is 0.576. The Labute approximate surface area is 102 Å². The molecule has 2 N–H and O–H groups in total. The molecule has 2 aromatic carbocycles. The van der Waals surface area contributed by atoms with Crippen LogP contribution in [0, 0.1) is 0 Å². The normalized spacial score (nSPS) is 12.8. The van der Waals surface area contributed by atoms with Crippen LogP contribution in [0.4, 0.5) is 0 Å². The van der Waals surface area contributed by atoms with E-state index in [4.69, 9.17) is 5.11 Å². The van der Waals surface area contributed by atoms with Gasteiger partial charge in [0.2, 0.25) is 0 Å². The number of hydrogen-bond acceptors (Lipinski definition) is 2. The summed E-state index contributed by atoms with van der Waals surface area (Å²) < 4.78 is 0. The largest absolute Gasteiger partial charge is 0.393 e. The van der Waals surface area contributed by atoms with Crippen LogP contribution in [0.1, 0.15) is 18.9 Å². The first kappa shape index (κ1) is 12.1. The van der Waals surface area contributed by atoms with Gasteiger partial charge in [0, 0.05) is 6.54 Å². The standard InChI is InChI=1S/C15H19NO/c1-12(17)8-9-16-11-13-6-7-14-4-2-3-5-15(14)10-13/h2-7,10,12,16-17H,8-9,11H2,1H3. The van der Waals surface area contributed by atoms with E-state index >= 15 is 0 Å². The highest BCUT2D eigenvalue weighted by molar-refractivity contribution is 5.82. The smallest absolute Gasteiger partial charge is 0.0524 e. The fourth-order valence-corrected chi connectivity index (χ4v) is 1.89. The van der Waals surface area contributed by atoms with Crippen molar-refractivity contribution >= 4 is 10.8 Å². The van der Waals surface area contributed by atoms with E-state index in [1.807, 2.05) is 6.92 Å². The third-order valence-corrected chi connectivity index (χ3v) is 2.88. The first-order valence-corrected chi connectivity index (χ1v) is 6.12. The van der Waals surface area contributed by atoms with E-state index in [2.05, 4.69) is 47.8 Å². The number of benzene rings is 2. The van der Waals surface area contributed by atoms with Gasteiger partial charge in [0.05, 0.1) is 6.10 Å². The first-order chi connectivity index (χ1) is 8.25.